The van der Waals surface area contributed by atoms with E-state index in [0.29, 0.717) is 16.9 Å². The molecule has 1 fully saturated rings. The van der Waals surface area contributed by atoms with Gasteiger partial charge in [-0.25, -0.2) is 0 Å². The van der Waals surface area contributed by atoms with Crippen LogP contribution in [0.5, 0.6) is 0 Å². The summed E-state index contributed by atoms with van der Waals surface area (Å²) in [5, 5.41) is 0. The van der Waals surface area contributed by atoms with Gasteiger partial charge in [0.25, 0.3) is 0 Å². The van der Waals surface area contributed by atoms with Gasteiger partial charge in [0.1, 0.15) is 0 Å². The van der Waals surface area contributed by atoms with Crippen molar-refractivity contribution in [1.82, 2.24) is 0 Å². The number of carbonyl (C=O) groups excluding carboxylic acids is 1. The second-order valence-corrected chi connectivity index (χ2v) is 8.64. The molecule has 0 aromatic heterocycles. The van der Waals surface area contributed by atoms with E-state index in [4.69, 9.17) is 5.73 Å². The highest BCUT2D eigenvalue weighted by atomic mass is 16.1. The van der Waals surface area contributed by atoms with E-state index in [1.165, 1.54) is 40.7 Å². The number of rotatable bonds is 4. The maximum Gasteiger partial charge on any atom is 0.248 e. The number of allylic oxidation sites excluding steroid dienone is 1. The highest BCUT2D eigenvalue weighted by Crippen LogP contribution is 2.47. The Hall–Kier alpha value is -2.35. The molecule has 1 aliphatic rings. The van der Waals surface area contributed by atoms with E-state index in [9.17, 15) is 4.79 Å². The third-order valence-corrected chi connectivity index (χ3v) is 6.08. The van der Waals surface area contributed by atoms with Crippen LogP contribution in [0.25, 0.3) is 5.57 Å². The number of nitrogens with two attached hydrogens (primary N) is 1. The lowest BCUT2D eigenvalue weighted by atomic mass is 9.66. The molecular formula is C25H31NO. The Kier molecular flexibility index (Phi) is 5.55. The summed E-state index contributed by atoms with van der Waals surface area (Å²) in [4.78, 5) is 11.5. The molecule has 142 valence electrons. The van der Waals surface area contributed by atoms with Crippen molar-refractivity contribution in [3.8, 4) is 0 Å². The topological polar surface area (TPSA) is 43.1 Å². The van der Waals surface area contributed by atoms with E-state index in [0.717, 1.165) is 12.8 Å². The van der Waals surface area contributed by atoms with Gasteiger partial charge < -0.3 is 5.73 Å². The Balaban J connectivity index is 2.15. The molecule has 3 rings (SSSR count). The molecule has 0 spiro atoms. The molecule has 2 heteroatoms. The molecule has 0 aliphatic heterocycles. The average molecular weight is 362 g/mol. The summed E-state index contributed by atoms with van der Waals surface area (Å²) in [6.45, 7) is 9.22. The predicted molar refractivity (Wildman–Crippen MR) is 114 cm³/mol. The maximum absolute atomic E-state index is 11.5. The quantitative estimate of drug-likeness (QED) is 0.699. The van der Waals surface area contributed by atoms with Crippen LogP contribution in [0.15, 0.2) is 54.1 Å². The molecule has 2 aromatic carbocycles. The Morgan fingerprint density at radius 1 is 1.04 bits per heavy atom. The fourth-order valence-corrected chi connectivity index (χ4v) is 4.55. The van der Waals surface area contributed by atoms with Crippen LogP contribution in [-0.4, -0.2) is 5.91 Å². The first-order valence-electron chi connectivity index (χ1n) is 10.0. The van der Waals surface area contributed by atoms with Gasteiger partial charge in [0, 0.05) is 5.56 Å². The number of aryl methyl sites for hydroxylation is 1. The summed E-state index contributed by atoms with van der Waals surface area (Å²) < 4.78 is 0. The van der Waals surface area contributed by atoms with Crippen molar-refractivity contribution in [1.29, 1.82) is 0 Å². The molecule has 1 aliphatic carbocycles. The number of amides is 1. The summed E-state index contributed by atoms with van der Waals surface area (Å²) >= 11 is 0. The van der Waals surface area contributed by atoms with Gasteiger partial charge in [-0.1, -0.05) is 74.7 Å². The minimum Gasteiger partial charge on any atom is -0.366 e. The molecule has 0 bridgehead atoms. The van der Waals surface area contributed by atoms with Gasteiger partial charge in [-0.2, -0.15) is 0 Å². The van der Waals surface area contributed by atoms with Crippen LogP contribution in [-0.2, 0) is 0 Å². The van der Waals surface area contributed by atoms with Crippen LogP contribution in [0.3, 0.4) is 0 Å². The summed E-state index contributed by atoms with van der Waals surface area (Å²) in [6.07, 6.45) is 4.75. The normalized spacial score (nSPS) is 24.5. The van der Waals surface area contributed by atoms with Crippen molar-refractivity contribution in [3.63, 3.8) is 0 Å². The minimum atomic E-state index is -0.379. The summed E-state index contributed by atoms with van der Waals surface area (Å²) in [5.74, 6) is 0.306. The van der Waals surface area contributed by atoms with Crippen molar-refractivity contribution < 1.29 is 4.79 Å². The van der Waals surface area contributed by atoms with E-state index in [1.54, 1.807) is 0 Å². The molecule has 1 amide bonds. The van der Waals surface area contributed by atoms with Gasteiger partial charge in [0.2, 0.25) is 5.91 Å². The van der Waals surface area contributed by atoms with E-state index in [1.807, 2.05) is 24.3 Å². The third kappa shape index (κ3) is 4.32. The van der Waals surface area contributed by atoms with Gasteiger partial charge >= 0.3 is 0 Å². The minimum absolute atomic E-state index is 0.357. The maximum atomic E-state index is 11.5. The summed E-state index contributed by atoms with van der Waals surface area (Å²) in [6, 6.07) is 16.6. The smallest absolute Gasteiger partial charge is 0.248 e. The molecule has 2 atom stereocenters. The van der Waals surface area contributed by atoms with E-state index < -0.39 is 0 Å². The molecule has 2 nitrogen and oxygen atoms in total. The van der Waals surface area contributed by atoms with Crippen molar-refractivity contribution in [2.45, 2.75) is 53.4 Å². The van der Waals surface area contributed by atoms with Crippen LogP contribution in [0.1, 0.15) is 73.5 Å². The zero-order valence-electron chi connectivity index (χ0n) is 17.0. The van der Waals surface area contributed by atoms with Crippen LogP contribution in [0.2, 0.25) is 0 Å². The van der Waals surface area contributed by atoms with E-state index in [2.05, 4.69) is 52.0 Å². The first kappa shape index (κ1) is 19.4. The number of carbonyl (C=O) groups is 1. The zero-order valence-corrected chi connectivity index (χ0v) is 17.0. The molecule has 1 saturated carbocycles. The lowest BCUT2D eigenvalue weighted by molar-refractivity contribution is 0.100. The molecule has 27 heavy (non-hydrogen) atoms. The Bertz CT molecular complexity index is 845. The van der Waals surface area contributed by atoms with Crippen molar-refractivity contribution in [2.24, 2.45) is 17.1 Å². The third-order valence-electron chi connectivity index (χ3n) is 6.08. The molecule has 0 saturated heterocycles. The second-order valence-electron chi connectivity index (χ2n) is 8.64. The zero-order chi connectivity index (χ0) is 19.6. The van der Waals surface area contributed by atoms with E-state index in [-0.39, 0.29) is 5.91 Å². The van der Waals surface area contributed by atoms with Crippen molar-refractivity contribution in [2.75, 3.05) is 0 Å². The average Bonchev–Trinajstić information content (AvgIpc) is 2.63. The highest BCUT2D eigenvalue weighted by molar-refractivity contribution is 5.93. The summed E-state index contributed by atoms with van der Waals surface area (Å²) in [5.41, 5.74) is 12.9. The molecule has 2 unspecified atom stereocenters. The SMILES string of the molecule is CCC1(C)C/C(=C(\c2ccc(C)cc2)c2ccc(C(N)=O)cc2)CC(C)C1. The molecule has 0 radical (unpaired) electrons. The van der Waals surface area contributed by atoms with Gasteiger partial charge in [-0.3, -0.25) is 4.79 Å². The fourth-order valence-electron chi connectivity index (χ4n) is 4.55. The fraction of sp³-hybridized carbons (Fsp3) is 0.400. The Morgan fingerprint density at radius 2 is 1.56 bits per heavy atom. The van der Waals surface area contributed by atoms with E-state index >= 15 is 0 Å². The monoisotopic (exact) mass is 361 g/mol. The van der Waals surface area contributed by atoms with Crippen LogP contribution < -0.4 is 5.73 Å². The molecule has 2 aromatic rings. The van der Waals surface area contributed by atoms with Crippen LogP contribution in [0.4, 0.5) is 0 Å². The molecule has 0 heterocycles. The van der Waals surface area contributed by atoms with Crippen LogP contribution in [0, 0.1) is 18.3 Å². The van der Waals surface area contributed by atoms with Gasteiger partial charge in [0.05, 0.1) is 0 Å². The van der Waals surface area contributed by atoms with Crippen LogP contribution >= 0.6 is 0 Å². The first-order chi connectivity index (χ1) is 12.8. The number of benzene rings is 2. The standard InChI is InChI=1S/C25H31NO/c1-5-25(4)15-18(3)14-22(16-25)23(19-8-6-17(2)7-9-19)20-10-12-21(13-11-20)24(26)27/h6-13,18H,5,14-16H2,1-4H3,(H2,26,27)/b23-22+. The molecule has 2 N–H and O–H groups in total. The lowest BCUT2D eigenvalue weighted by Crippen LogP contribution is -2.26. The second kappa shape index (κ2) is 7.72. The number of hydrogen-bond donors (Lipinski definition) is 1. The largest absolute Gasteiger partial charge is 0.366 e. The van der Waals surface area contributed by atoms with Crippen molar-refractivity contribution >= 4 is 11.5 Å². The highest BCUT2D eigenvalue weighted by Gasteiger charge is 2.33. The lowest BCUT2D eigenvalue weighted by Gasteiger charge is -2.39. The number of hydrogen-bond acceptors (Lipinski definition) is 1. The molecular weight excluding hydrogens is 330 g/mol. The predicted octanol–water partition coefficient (Wildman–Crippen LogP) is 6.13. The Labute approximate surface area is 163 Å². The van der Waals surface area contributed by atoms with Gasteiger partial charge in [-0.05, 0) is 66.4 Å². The Morgan fingerprint density at radius 3 is 2.07 bits per heavy atom. The van der Waals surface area contributed by atoms with Gasteiger partial charge in [0.15, 0.2) is 0 Å². The summed E-state index contributed by atoms with van der Waals surface area (Å²) in [7, 11) is 0. The first-order valence-corrected chi connectivity index (χ1v) is 10.0. The van der Waals surface area contributed by atoms with Gasteiger partial charge in [-0.15, -0.1) is 0 Å². The number of primary amides is 1. The van der Waals surface area contributed by atoms with Crippen molar-refractivity contribution in [3.05, 3.63) is 76.4 Å².